The molecule has 2 rings (SSSR count). The fraction of sp³-hybridized carbons (Fsp3) is 0.167. The van der Waals surface area contributed by atoms with E-state index in [1.54, 1.807) is 38.3 Å². The maximum Gasteiger partial charge on any atom is 0.326 e. The van der Waals surface area contributed by atoms with E-state index in [1.807, 2.05) is 0 Å². The predicted molar refractivity (Wildman–Crippen MR) is 68.7 cm³/mol. The van der Waals surface area contributed by atoms with Gasteiger partial charge >= 0.3 is 5.69 Å². The molecule has 0 atom stereocenters. The maximum atomic E-state index is 11.6. The molecule has 2 aromatic rings. The molecule has 0 radical (unpaired) electrons. The van der Waals surface area contributed by atoms with E-state index in [4.69, 9.17) is 4.74 Å². The Hall–Kier alpha value is -2.50. The quantitative estimate of drug-likeness (QED) is 0.758. The fourth-order valence-corrected chi connectivity index (χ4v) is 1.57. The SMILES string of the molecule is COc1ccc(Nc2c(C)[nH]c(=O)[nH]c2=O)cc1. The van der Waals surface area contributed by atoms with Gasteiger partial charge < -0.3 is 15.0 Å². The second-order valence-electron chi connectivity index (χ2n) is 3.76. The molecule has 0 aliphatic carbocycles. The highest BCUT2D eigenvalue weighted by atomic mass is 16.5. The molecule has 0 aliphatic rings. The van der Waals surface area contributed by atoms with E-state index in [1.165, 1.54) is 0 Å². The first-order valence-corrected chi connectivity index (χ1v) is 5.34. The van der Waals surface area contributed by atoms with Gasteiger partial charge in [0.2, 0.25) is 0 Å². The monoisotopic (exact) mass is 247 g/mol. The first kappa shape index (κ1) is 12.0. The second-order valence-corrected chi connectivity index (χ2v) is 3.76. The lowest BCUT2D eigenvalue weighted by Gasteiger charge is -2.08. The van der Waals surface area contributed by atoms with Crippen LogP contribution in [0.4, 0.5) is 11.4 Å². The van der Waals surface area contributed by atoms with Crippen molar-refractivity contribution >= 4 is 11.4 Å². The zero-order valence-corrected chi connectivity index (χ0v) is 10.0. The smallest absolute Gasteiger partial charge is 0.326 e. The number of hydrogen-bond acceptors (Lipinski definition) is 4. The number of H-pyrrole nitrogens is 2. The van der Waals surface area contributed by atoms with E-state index in [2.05, 4.69) is 15.3 Å². The van der Waals surface area contributed by atoms with Crippen molar-refractivity contribution in [1.29, 1.82) is 0 Å². The van der Waals surface area contributed by atoms with Crippen molar-refractivity contribution in [3.63, 3.8) is 0 Å². The molecule has 94 valence electrons. The van der Waals surface area contributed by atoms with Crippen LogP contribution in [0.2, 0.25) is 0 Å². The van der Waals surface area contributed by atoms with Gasteiger partial charge in [-0.1, -0.05) is 0 Å². The third-order valence-corrected chi connectivity index (χ3v) is 2.49. The number of nitrogens with one attached hydrogen (secondary N) is 3. The van der Waals surface area contributed by atoms with E-state index in [9.17, 15) is 9.59 Å². The molecule has 1 aromatic heterocycles. The first-order valence-electron chi connectivity index (χ1n) is 5.34. The molecule has 0 saturated carbocycles. The third-order valence-electron chi connectivity index (χ3n) is 2.49. The van der Waals surface area contributed by atoms with Crippen molar-refractivity contribution in [2.24, 2.45) is 0 Å². The van der Waals surface area contributed by atoms with Gasteiger partial charge in [0.15, 0.2) is 0 Å². The lowest BCUT2D eigenvalue weighted by Crippen LogP contribution is -2.25. The van der Waals surface area contributed by atoms with Gasteiger partial charge in [0, 0.05) is 11.4 Å². The van der Waals surface area contributed by atoms with Crippen LogP contribution in [-0.2, 0) is 0 Å². The number of aromatic nitrogens is 2. The van der Waals surface area contributed by atoms with Crippen molar-refractivity contribution in [2.75, 3.05) is 12.4 Å². The van der Waals surface area contributed by atoms with E-state index >= 15 is 0 Å². The molecule has 1 heterocycles. The minimum atomic E-state index is -0.516. The van der Waals surface area contributed by atoms with E-state index in [0.29, 0.717) is 11.4 Å². The van der Waals surface area contributed by atoms with Crippen molar-refractivity contribution in [2.45, 2.75) is 6.92 Å². The summed E-state index contributed by atoms with van der Waals surface area (Å²) in [7, 11) is 1.58. The lowest BCUT2D eigenvalue weighted by atomic mass is 10.3. The van der Waals surface area contributed by atoms with Crippen LogP contribution in [-0.4, -0.2) is 17.1 Å². The van der Waals surface area contributed by atoms with Crippen LogP contribution in [0.25, 0.3) is 0 Å². The van der Waals surface area contributed by atoms with Crippen LogP contribution in [0.5, 0.6) is 5.75 Å². The van der Waals surface area contributed by atoms with Gasteiger partial charge in [-0.3, -0.25) is 9.78 Å². The summed E-state index contributed by atoms with van der Waals surface area (Å²) in [4.78, 5) is 27.4. The van der Waals surface area contributed by atoms with Crippen molar-refractivity contribution < 1.29 is 4.74 Å². The molecule has 6 heteroatoms. The molecule has 0 aliphatic heterocycles. The highest BCUT2D eigenvalue weighted by Gasteiger charge is 2.05. The molecule has 0 fully saturated rings. The molecule has 6 nitrogen and oxygen atoms in total. The Balaban J connectivity index is 2.34. The summed E-state index contributed by atoms with van der Waals surface area (Å²) >= 11 is 0. The molecule has 0 bridgehead atoms. The van der Waals surface area contributed by atoms with E-state index < -0.39 is 11.2 Å². The minimum Gasteiger partial charge on any atom is -0.497 e. The van der Waals surface area contributed by atoms with Crippen LogP contribution in [0.1, 0.15) is 5.69 Å². The highest BCUT2D eigenvalue weighted by Crippen LogP contribution is 2.18. The predicted octanol–water partition coefficient (Wildman–Crippen LogP) is 1.12. The number of rotatable bonds is 3. The normalized spacial score (nSPS) is 10.1. The standard InChI is InChI=1S/C12H13N3O3/c1-7-10(11(16)15-12(17)13-7)14-8-3-5-9(18-2)6-4-8/h3-6,14H,1-2H3,(H2,13,15,16,17). The van der Waals surface area contributed by atoms with Gasteiger partial charge in [-0.15, -0.1) is 0 Å². The summed E-state index contributed by atoms with van der Waals surface area (Å²) in [6.07, 6.45) is 0. The van der Waals surface area contributed by atoms with Crippen LogP contribution >= 0.6 is 0 Å². The molecule has 0 amide bonds. The molecule has 3 N–H and O–H groups in total. The Labute approximate surface area is 103 Å². The summed E-state index contributed by atoms with van der Waals surface area (Å²) in [6, 6.07) is 7.11. The van der Waals surface area contributed by atoms with Crippen LogP contribution in [0, 0.1) is 6.92 Å². The zero-order valence-electron chi connectivity index (χ0n) is 10.0. The summed E-state index contributed by atoms with van der Waals surface area (Å²) in [5, 5.41) is 2.95. The molecular weight excluding hydrogens is 234 g/mol. The van der Waals surface area contributed by atoms with Crippen molar-refractivity contribution in [3.8, 4) is 5.75 Å². The molecule has 0 saturated heterocycles. The molecule has 0 spiro atoms. The topological polar surface area (TPSA) is 87.0 Å². The van der Waals surface area contributed by atoms with Gasteiger partial charge in [0.1, 0.15) is 11.4 Å². The Morgan fingerprint density at radius 1 is 1.11 bits per heavy atom. The highest BCUT2D eigenvalue weighted by molar-refractivity contribution is 5.61. The Bertz CT molecular complexity index is 656. The second kappa shape index (κ2) is 4.79. The Morgan fingerprint density at radius 3 is 2.33 bits per heavy atom. The lowest BCUT2D eigenvalue weighted by molar-refractivity contribution is 0.415. The summed E-state index contributed by atoms with van der Waals surface area (Å²) < 4.78 is 5.04. The number of ether oxygens (including phenoxy) is 1. The average Bonchev–Trinajstić information content (AvgIpc) is 2.34. The zero-order chi connectivity index (χ0) is 13.1. The summed E-state index contributed by atoms with van der Waals surface area (Å²) in [6.45, 7) is 1.66. The number of benzene rings is 1. The third kappa shape index (κ3) is 2.42. The number of aromatic amines is 2. The largest absolute Gasteiger partial charge is 0.497 e. The average molecular weight is 247 g/mol. The summed E-state index contributed by atoms with van der Waals surface area (Å²) in [5.41, 5.74) is 0.570. The number of methoxy groups -OCH3 is 1. The van der Waals surface area contributed by atoms with E-state index in [0.717, 1.165) is 11.4 Å². The van der Waals surface area contributed by atoms with E-state index in [-0.39, 0.29) is 0 Å². The Kier molecular flexibility index (Phi) is 3.18. The summed E-state index contributed by atoms with van der Waals surface area (Å²) in [5.74, 6) is 0.729. The van der Waals surface area contributed by atoms with Crippen molar-refractivity contribution in [1.82, 2.24) is 9.97 Å². The molecular formula is C12H13N3O3. The fourth-order valence-electron chi connectivity index (χ4n) is 1.57. The van der Waals surface area contributed by atoms with Gasteiger partial charge in [-0.05, 0) is 31.2 Å². The number of hydrogen-bond donors (Lipinski definition) is 3. The van der Waals surface area contributed by atoms with Crippen LogP contribution < -0.4 is 21.3 Å². The van der Waals surface area contributed by atoms with Gasteiger partial charge in [0.05, 0.1) is 7.11 Å². The number of aryl methyl sites for hydroxylation is 1. The van der Waals surface area contributed by atoms with Gasteiger partial charge in [0.25, 0.3) is 5.56 Å². The van der Waals surface area contributed by atoms with Gasteiger partial charge in [-0.25, -0.2) is 4.79 Å². The minimum absolute atomic E-state index is 0.319. The van der Waals surface area contributed by atoms with Crippen molar-refractivity contribution in [3.05, 3.63) is 50.8 Å². The first-order chi connectivity index (χ1) is 8.60. The van der Waals surface area contributed by atoms with Crippen LogP contribution in [0.3, 0.4) is 0 Å². The Morgan fingerprint density at radius 2 is 1.78 bits per heavy atom. The number of anilines is 2. The van der Waals surface area contributed by atoms with Crippen LogP contribution in [0.15, 0.2) is 33.9 Å². The maximum absolute atomic E-state index is 11.6. The molecule has 0 unspecified atom stereocenters. The molecule has 18 heavy (non-hydrogen) atoms. The molecule has 1 aromatic carbocycles. The van der Waals surface area contributed by atoms with Gasteiger partial charge in [-0.2, -0.15) is 0 Å².